The van der Waals surface area contributed by atoms with Crippen molar-refractivity contribution in [2.45, 2.75) is 20.8 Å². The molecule has 0 N–H and O–H groups in total. The molecule has 4 aromatic rings. The molecule has 3 aromatic carbocycles. The number of nitrogens with zero attached hydrogens (tertiary/aromatic N) is 3. The molecule has 0 unspecified atom stereocenters. The van der Waals surface area contributed by atoms with E-state index in [2.05, 4.69) is 41.7 Å². The second kappa shape index (κ2) is 13.1. The molecule has 0 aliphatic carbocycles. The molecule has 0 amide bonds. The summed E-state index contributed by atoms with van der Waals surface area (Å²) in [6.45, 7) is 10.1. The van der Waals surface area contributed by atoms with E-state index in [1.165, 1.54) is 0 Å². The number of methoxy groups -OCH3 is 1. The summed E-state index contributed by atoms with van der Waals surface area (Å²) >= 11 is 0. The van der Waals surface area contributed by atoms with Crippen molar-refractivity contribution in [3.63, 3.8) is 0 Å². The van der Waals surface area contributed by atoms with Gasteiger partial charge in [-0.1, -0.05) is 54.6 Å². The Hall–Kier alpha value is -3.77. The lowest BCUT2D eigenvalue weighted by Gasteiger charge is -2.22. The van der Waals surface area contributed by atoms with Gasteiger partial charge in [0.1, 0.15) is 6.79 Å². The largest absolute Gasteiger partial charge is 0.388 e. The van der Waals surface area contributed by atoms with E-state index < -0.39 is 0 Å². The molecule has 0 saturated carbocycles. The van der Waals surface area contributed by atoms with Gasteiger partial charge in [-0.3, -0.25) is 4.79 Å². The Morgan fingerprint density at radius 2 is 1.44 bits per heavy atom. The minimum absolute atomic E-state index is 0.0971. The monoisotopic (exact) mass is 459 g/mol. The molecular formula is C28H33N3O3. The molecule has 0 spiro atoms. The van der Waals surface area contributed by atoms with Crippen LogP contribution in [0.1, 0.15) is 19.4 Å². The van der Waals surface area contributed by atoms with Gasteiger partial charge in [0.05, 0.1) is 16.8 Å². The third-order valence-corrected chi connectivity index (χ3v) is 5.40. The maximum Gasteiger partial charge on any atom is 0.279 e. The zero-order chi connectivity index (χ0) is 25.1. The van der Waals surface area contributed by atoms with E-state index in [4.69, 9.17) is 9.89 Å². The zero-order valence-electron chi connectivity index (χ0n) is 20.6. The second-order valence-electron chi connectivity index (χ2n) is 7.53. The Morgan fingerprint density at radius 3 is 2.03 bits per heavy atom. The lowest BCUT2D eigenvalue weighted by atomic mass is 10.0. The van der Waals surface area contributed by atoms with Gasteiger partial charge in [0, 0.05) is 43.9 Å². The number of carbonyl (C=O) groups excluding carboxylic acids is 1. The van der Waals surface area contributed by atoms with Crippen LogP contribution >= 0.6 is 0 Å². The predicted octanol–water partition coefficient (Wildman–Crippen LogP) is 5.29. The van der Waals surface area contributed by atoms with E-state index in [1.54, 1.807) is 18.9 Å². The number of rotatable bonds is 5. The van der Waals surface area contributed by atoms with Crippen LogP contribution in [0, 0.1) is 6.92 Å². The fourth-order valence-electron chi connectivity index (χ4n) is 3.77. The van der Waals surface area contributed by atoms with Gasteiger partial charge in [0.2, 0.25) is 0 Å². The number of fused-ring (bicyclic) bond motifs is 1. The van der Waals surface area contributed by atoms with E-state index >= 15 is 0 Å². The van der Waals surface area contributed by atoms with Gasteiger partial charge in [0.25, 0.3) is 5.56 Å². The number of anilines is 1. The van der Waals surface area contributed by atoms with Crippen molar-refractivity contribution in [2.24, 2.45) is 0 Å². The Bertz CT molecular complexity index is 1250. The fourth-order valence-corrected chi connectivity index (χ4v) is 3.77. The summed E-state index contributed by atoms with van der Waals surface area (Å²) in [5.41, 5.74) is 4.65. The van der Waals surface area contributed by atoms with E-state index in [0.29, 0.717) is 5.39 Å². The predicted molar refractivity (Wildman–Crippen MR) is 141 cm³/mol. The van der Waals surface area contributed by atoms with Crippen molar-refractivity contribution in [2.75, 3.05) is 32.2 Å². The third kappa shape index (κ3) is 5.77. The molecule has 6 nitrogen and oxygen atoms in total. The number of benzene rings is 3. The first-order valence-electron chi connectivity index (χ1n) is 11.2. The average molecular weight is 460 g/mol. The summed E-state index contributed by atoms with van der Waals surface area (Å²) in [7, 11) is 3.25. The molecule has 0 atom stereocenters. The molecule has 178 valence electrons. The summed E-state index contributed by atoms with van der Waals surface area (Å²) in [5.74, 6) is 0. The van der Waals surface area contributed by atoms with E-state index in [1.807, 2.05) is 68.3 Å². The third-order valence-electron chi connectivity index (χ3n) is 5.40. The van der Waals surface area contributed by atoms with Gasteiger partial charge in [-0.15, -0.1) is 0 Å². The van der Waals surface area contributed by atoms with E-state index in [9.17, 15) is 4.79 Å². The minimum Gasteiger partial charge on any atom is -0.388 e. The first-order valence-corrected chi connectivity index (χ1v) is 11.2. The van der Waals surface area contributed by atoms with Crippen LogP contribution in [-0.4, -0.2) is 43.9 Å². The van der Waals surface area contributed by atoms with Crippen molar-refractivity contribution in [3.8, 4) is 16.9 Å². The molecule has 1 heterocycles. The molecule has 0 aliphatic rings. The highest BCUT2D eigenvalue weighted by molar-refractivity contribution is 5.93. The van der Waals surface area contributed by atoms with Gasteiger partial charge in [-0.2, -0.15) is 9.78 Å². The van der Waals surface area contributed by atoms with Gasteiger partial charge < -0.3 is 14.4 Å². The minimum atomic E-state index is -0.0971. The van der Waals surface area contributed by atoms with Crippen molar-refractivity contribution in [3.05, 3.63) is 88.7 Å². The van der Waals surface area contributed by atoms with Crippen molar-refractivity contribution in [1.82, 2.24) is 9.78 Å². The molecule has 6 heteroatoms. The number of carbonyl (C=O) groups is 1. The molecule has 0 saturated heterocycles. The Kier molecular flexibility index (Phi) is 10.2. The maximum absolute atomic E-state index is 13.4. The summed E-state index contributed by atoms with van der Waals surface area (Å²) in [6, 6.07) is 24.0. The maximum atomic E-state index is 13.4. The van der Waals surface area contributed by atoms with E-state index in [-0.39, 0.29) is 5.56 Å². The van der Waals surface area contributed by atoms with Crippen LogP contribution in [0.15, 0.2) is 77.6 Å². The standard InChI is InChI=1S/C25H25N3O.C2H6O.CH2O/c1-4-27(5-2)20-16-15-18(3)23(17-20)28-25(29)22-14-10-9-13-21(22)24(26-28)19-11-7-6-8-12-19;1-3-2;1-2/h6-17H,4-5H2,1-3H3;1-2H3;1H2. The SMILES string of the molecule is C=O.CCN(CC)c1ccc(C)c(-n2nc(-c3ccccc3)c3ccccc3c2=O)c1.COC. The van der Waals surface area contributed by atoms with Crippen LogP contribution < -0.4 is 10.5 Å². The molecular weight excluding hydrogens is 426 g/mol. The molecule has 0 radical (unpaired) electrons. The van der Waals surface area contributed by atoms with Crippen molar-refractivity contribution >= 4 is 23.2 Å². The number of hydrogen-bond acceptors (Lipinski definition) is 5. The highest BCUT2D eigenvalue weighted by Gasteiger charge is 2.15. The lowest BCUT2D eigenvalue weighted by Crippen LogP contribution is -2.25. The average Bonchev–Trinajstić information content (AvgIpc) is 2.88. The number of aromatic nitrogens is 2. The van der Waals surface area contributed by atoms with Crippen LogP contribution in [0.4, 0.5) is 5.69 Å². The van der Waals surface area contributed by atoms with Crippen molar-refractivity contribution in [1.29, 1.82) is 0 Å². The van der Waals surface area contributed by atoms with Gasteiger partial charge >= 0.3 is 0 Å². The molecule has 0 aliphatic heterocycles. The smallest absolute Gasteiger partial charge is 0.279 e. The zero-order valence-corrected chi connectivity index (χ0v) is 20.6. The summed E-state index contributed by atoms with van der Waals surface area (Å²) in [6.07, 6.45) is 0. The van der Waals surface area contributed by atoms with Crippen LogP contribution in [0.5, 0.6) is 0 Å². The highest BCUT2D eigenvalue weighted by atomic mass is 16.4. The van der Waals surface area contributed by atoms with Crippen LogP contribution in [0.3, 0.4) is 0 Å². The number of hydrogen-bond donors (Lipinski definition) is 0. The van der Waals surface area contributed by atoms with Crippen molar-refractivity contribution < 1.29 is 9.53 Å². The molecule has 4 rings (SSSR count). The first-order chi connectivity index (χ1) is 16.5. The van der Waals surface area contributed by atoms with Crippen LogP contribution in [-0.2, 0) is 9.53 Å². The summed E-state index contributed by atoms with van der Waals surface area (Å²) in [4.78, 5) is 23.6. The van der Waals surface area contributed by atoms with Crippen LogP contribution in [0.2, 0.25) is 0 Å². The molecule has 1 aromatic heterocycles. The second-order valence-corrected chi connectivity index (χ2v) is 7.53. The van der Waals surface area contributed by atoms with Crippen LogP contribution in [0.25, 0.3) is 27.7 Å². The molecule has 0 fully saturated rings. The van der Waals surface area contributed by atoms with Gasteiger partial charge in [-0.05, 0) is 44.5 Å². The topological polar surface area (TPSA) is 64.4 Å². The quantitative estimate of drug-likeness (QED) is 0.406. The molecule has 0 bridgehead atoms. The number of aryl methyl sites for hydroxylation is 1. The lowest BCUT2D eigenvalue weighted by molar-refractivity contribution is -0.0979. The Morgan fingerprint density at radius 1 is 0.882 bits per heavy atom. The first kappa shape index (κ1) is 26.5. The summed E-state index contributed by atoms with van der Waals surface area (Å²) in [5, 5.41) is 6.39. The number of ether oxygens (including phenoxy) is 1. The Balaban J connectivity index is 0.000000758. The normalized spacial score (nSPS) is 10.0. The highest BCUT2D eigenvalue weighted by Crippen LogP contribution is 2.27. The van der Waals surface area contributed by atoms with Gasteiger partial charge in [-0.25, -0.2) is 0 Å². The summed E-state index contributed by atoms with van der Waals surface area (Å²) < 4.78 is 5.81. The van der Waals surface area contributed by atoms with E-state index in [0.717, 1.165) is 46.7 Å². The Labute approximate surface area is 201 Å². The van der Waals surface area contributed by atoms with Gasteiger partial charge in [0.15, 0.2) is 0 Å². The molecule has 34 heavy (non-hydrogen) atoms. The fraction of sp³-hybridized carbons (Fsp3) is 0.250.